The smallest absolute Gasteiger partial charge is 0.872 e. The number of H-pyrrole nitrogens is 2. The third-order valence-corrected chi connectivity index (χ3v) is 5.24. The molecule has 6 rings (SSSR count). The van der Waals surface area contributed by atoms with E-state index in [0.717, 1.165) is 36.3 Å². The molecule has 0 saturated carbocycles. The van der Waals surface area contributed by atoms with Crippen LogP contribution < -0.4 is 10.2 Å². The van der Waals surface area contributed by atoms with Gasteiger partial charge in [-0.2, -0.15) is 0 Å². The minimum Gasteiger partial charge on any atom is -0.872 e. The van der Waals surface area contributed by atoms with Crippen LogP contribution in [0.15, 0.2) is 107 Å². The Morgan fingerprint density at radius 2 is 0.902 bits per heavy atom. The van der Waals surface area contributed by atoms with Gasteiger partial charge in [0.2, 0.25) is 11.9 Å². The number of aliphatic hydroxyl groups is 2. The predicted octanol–water partition coefficient (Wildman–Crippen LogP) is 3.99. The van der Waals surface area contributed by atoms with E-state index in [4.69, 9.17) is 10.2 Å². The SMILES string of the molecule is CO.CO.[Ni+2].[O-]c1ccccc1/C=N/c1nc2ccccc2[nH]1.[O-]c1ccccc1/C=N/c1nc2ccccc2[nH]1. The van der Waals surface area contributed by atoms with Crippen LogP contribution in [0.4, 0.5) is 11.9 Å². The molecule has 0 fully saturated rings. The summed E-state index contributed by atoms with van der Waals surface area (Å²) >= 11 is 0. The zero-order valence-electron chi connectivity index (χ0n) is 22.2. The van der Waals surface area contributed by atoms with Gasteiger partial charge in [-0.15, -0.1) is 11.5 Å². The quantitative estimate of drug-likeness (QED) is 0.178. The number of nitrogens with zero attached hydrogens (tertiary/aromatic N) is 4. The fourth-order valence-corrected chi connectivity index (χ4v) is 3.44. The largest absolute Gasteiger partial charge is 2.00 e. The van der Waals surface area contributed by atoms with Gasteiger partial charge in [0.05, 0.1) is 22.1 Å². The number of para-hydroxylation sites is 6. The molecule has 0 radical (unpaired) electrons. The number of aliphatic imine (C=N–C) groups is 2. The topological polar surface area (TPSA) is 169 Å². The Morgan fingerprint density at radius 1 is 0.561 bits per heavy atom. The Kier molecular flexibility index (Phi) is 13.4. The monoisotopic (exact) mass is 594 g/mol. The number of nitrogens with one attached hydrogen (secondary N) is 2. The number of aromatic nitrogens is 4. The second-order valence-electron chi connectivity index (χ2n) is 7.75. The first-order chi connectivity index (χ1) is 19.7. The van der Waals surface area contributed by atoms with Crippen LogP contribution in [0.5, 0.6) is 11.5 Å². The maximum Gasteiger partial charge on any atom is 2.00 e. The van der Waals surface area contributed by atoms with Crippen LogP contribution in [0.2, 0.25) is 0 Å². The second kappa shape index (κ2) is 17.0. The zero-order chi connectivity index (χ0) is 28.7. The Morgan fingerprint density at radius 3 is 1.27 bits per heavy atom. The molecule has 212 valence electrons. The van der Waals surface area contributed by atoms with E-state index >= 15 is 0 Å². The van der Waals surface area contributed by atoms with Crippen LogP contribution in [0.25, 0.3) is 22.1 Å². The summed E-state index contributed by atoms with van der Waals surface area (Å²) in [7, 11) is 2.00. The van der Waals surface area contributed by atoms with E-state index in [1.807, 2.05) is 48.5 Å². The summed E-state index contributed by atoms with van der Waals surface area (Å²) in [6, 6.07) is 28.9. The number of aliphatic hydroxyl groups excluding tert-OH is 2. The van der Waals surface area contributed by atoms with E-state index in [9.17, 15) is 10.2 Å². The summed E-state index contributed by atoms with van der Waals surface area (Å²) in [6.45, 7) is 0. The average Bonchev–Trinajstić information content (AvgIpc) is 3.62. The first-order valence-electron chi connectivity index (χ1n) is 12.0. The number of imidazole rings is 2. The molecule has 6 aromatic rings. The molecule has 0 unspecified atom stereocenters. The van der Waals surface area contributed by atoms with Crippen molar-refractivity contribution in [2.24, 2.45) is 9.98 Å². The van der Waals surface area contributed by atoms with Crippen molar-refractivity contribution in [1.29, 1.82) is 0 Å². The van der Waals surface area contributed by atoms with Crippen molar-refractivity contribution >= 4 is 46.4 Å². The van der Waals surface area contributed by atoms with Gasteiger partial charge < -0.3 is 30.4 Å². The van der Waals surface area contributed by atoms with Gasteiger partial charge in [0.25, 0.3) is 0 Å². The molecule has 4 N–H and O–H groups in total. The summed E-state index contributed by atoms with van der Waals surface area (Å²) in [5, 5.41) is 37.0. The first-order valence-corrected chi connectivity index (χ1v) is 12.0. The number of aromatic amines is 2. The summed E-state index contributed by atoms with van der Waals surface area (Å²) in [6.07, 6.45) is 3.06. The van der Waals surface area contributed by atoms with Gasteiger partial charge in [-0.25, -0.2) is 20.0 Å². The van der Waals surface area contributed by atoms with E-state index in [1.165, 1.54) is 24.6 Å². The average molecular weight is 595 g/mol. The molecule has 0 bridgehead atoms. The number of rotatable bonds is 4. The van der Waals surface area contributed by atoms with Crippen LogP contribution in [-0.2, 0) is 16.5 Å². The van der Waals surface area contributed by atoms with Crippen LogP contribution in [0.3, 0.4) is 0 Å². The van der Waals surface area contributed by atoms with Crippen molar-refractivity contribution in [1.82, 2.24) is 19.9 Å². The summed E-state index contributed by atoms with van der Waals surface area (Å²) in [5.41, 5.74) is 4.69. The fraction of sp³-hybridized carbons (Fsp3) is 0.0667. The van der Waals surface area contributed by atoms with Crippen molar-refractivity contribution < 1.29 is 36.9 Å². The Bertz CT molecular complexity index is 1510. The molecule has 0 aliphatic heterocycles. The number of hydrogen-bond acceptors (Lipinski definition) is 8. The number of fused-ring (bicyclic) bond motifs is 2. The predicted molar refractivity (Wildman–Crippen MR) is 155 cm³/mol. The van der Waals surface area contributed by atoms with Gasteiger partial charge in [-0.3, -0.25) is 0 Å². The molecule has 0 atom stereocenters. The third-order valence-electron chi connectivity index (χ3n) is 5.24. The summed E-state index contributed by atoms with van der Waals surface area (Å²) in [4.78, 5) is 23.1. The number of hydrogen-bond donors (Lipinski definition) is 4. The van der Waals surface area contributed by atoms with Crippen LogP contribution in [0, 0.1) is 0 Å². The minimum atomic E-state index is -0.0441. The molecule has 0 spiro atoms. The Balaban J connectivity index is 0.000000251. The zero-order valence-corrected chi connectivity index (χ0v) is 23.2. The van der Waals surface area contributed by atoms with E-state index in [-0.39, 0.29) is 28.0 Å². The molecule has 0 aliphatic rings. The Labute approximate surface area is 246 Å². The van der Waals surface area contributed by atoms with Gasteiger partial charge in [-0.1, -0.05) is 72.8 Å². The normalized spacial score (nSPS) is 10.2. The first kappa shape index (κ1) is 32.4. The van der Waals surface area contributed by atoms with Crippen molar-refractivity contribution in [2.45, 2.75) is 0 Å². The molecule has 11 heteroatoms. The van der Waals surface area contributed by atoms with Crippen molar-refractivity contribution in [3.05, 3.63) is 108 Å². The van der Waals surface area contributed by atoms with Gasteiger partial charge in [0.1, 0.15) is 0 Å². The summed E-state index contributed by atoms with van der Waals surface area (Å²) < 4.78 is 0. The maximum absolute atomic E-state index is 11.5. The van der Waals surface area contributed by atoms with Gasteiger partial charge in [0.15, 0.2) is 0 Å². The van der Waals surface area contributed by atoms with Gasteiger partial charge in [-0.05, 0) is 35.4 Å². The molecule has 41 heavy (non-hydrogen) atoms. The minimum absolute atomic E-state index is 0. The van der Waals surface area contributed by atoms with E-state index in [1.54, 1.807) is 36.4 Å². The molecular weight excluding hydrogens is 567 g/mol. The molecule has 4 aromatic carbocycles. The van der Waals surface area contributed by atoms with Gasteiger partial charge >= 0.3 is 16.5 Å². The van der Waals surface area contributed by atoms with E-state index in [0.29, 0.717) is 23.0 Å². The molecular formula is C30H28N6NiO4. The number of benzene rings is 4. The van der Waals surface area contributed by atoms with Crippen molar-refractivity contribution in [3.63, 3.8) is 0 Å². The van der Waals surface area contributed by atoms with Crippen LogP contribution in [-0.4, -0.2) is 56.8 Å². The second-order valence-corrected chi connectivity index (χ2v) is 7.75. The third kappa shape index (κ3) is 9.11. The van der Waals surface area contributed by atoms with Crippen LogP contribution in [0.1, 0.15) is 11.1 Å². The van der Waals surface area contributed by atoms with Crippen molar-refractivity contribution in [3.8, 4) is 11.5 Å². The van der Waals surface area contributed by atoms with Crippen LogP contribution >= 0.6 is 0 Å². The summed E-state index contributed by atoms with van der Waals surface area (Å²) in [5.74, 6) is 0.911. The standard InChI is InChI=1S/2C14H11N3O.2CH4O.Ni/c2*18-13-8-4-1-5-10(13)9-15-14-16-11-6-2-3-7-12(11)17-14;2*1-2;/h2*1-9,18H,(H,16,17);2*2H,1H3;/q;;;;+2/p-2/b2*15-9+;;;. The molecule has 0 aliphatic carbocycles. The molecule has 0 saturated heterocycles. The molecule has 2 aromatic heterocycles. The fourth-order valence-electron chi connectivity index (χ4n) is 3.44. The Hall–Kier alpha value is -4.83. The van der Waals surface area contributed by atoms with E-state index < -0.39 is 0 Å². The maximum atomic E-state index is 11.5. The van der Waals surface area contributed by atoms with Gasteiger partial charge in [0, 0.05) is 26.6 Å². The molecule has 10 nitrogen and oxygen atoms in total. The molecule has 0 amide bonds. The van der Waals surface area contributed by atoms with E-state index in [2.05, 4.69) is 29.9 Å². The van der Waals surface area contributed by atoms with Crippen molar-refractivity contribution in [2.75, 3.05) is 14.2 Å². The molecule has 2 heterocycles.